The third-order valence-corrected chi connectivity index (χ3v) is 5.01. The normalized spacial score (nSPS) is 16.3. The Morgan fingerprint density at radius 1 is 1.25 bits per heavy atom. The quantitative estimate of drug-likeness (QED) is 0.836. The zero-order valence-corrected chi connectivity index (χ0v) is 13.4. The minimum absolute atomic E-state index is 0.598. The number of hydrogen-bond acceptors (Lipinski definition) is 2. The maximum absolute atomic E-state index is 4.49. The third-order valence-electron chi connectivity index (χ3n) is 4.15. The molecule has 1 aliphatic rings. The average molecular weight is 334 g/mol. The first kappa shape index (κ1) is 13.7. The van der Waals surface area contributed by atoms with Gasteiger partial charge in [-0.05, 0) is 37.5 Å². The van der Waals surface area contributed by atoms with Crippen LogP contribution in [0.5, 0.6) is 0 Å². The van der Waals surface area contributed by atoms with Crippen LogP contribution in [0, 0.1) is 6.92 Å². The molecule has 1 aliphatic carbocycles. The summed E-state index contributed by atoms with van der Waals surface area (Å²) in [5.41, 5.74) is 2.33. The van der Waals surface area contributed by atoms with Crippen molar-refractivity contribution in [2.75, 3.05) is 5.32 Å². The molecule has 0 atom stereocenters. The Labute approximate surface area is 128 Å². The molecule has 0 bridgehead atoms. The highest BCUT2D eigenvalue weighted by molar-refractivity contribution is 9.10. The molecule has 106 valence electrons. The van der Waals surface area contributed by atoms with E-state index in [0.717, 1.165) is 16.1 Å². The maximum Gasteiger partial charge on any atom is 0.207 e. The van der Waals surface area contributed by atoms with Gasteiger partial charge in [-0.3, -0.25) is 0 Å². The SMILES string of the molecule is Cc1c(Br)cccc1Nc1nccn1C1CCCCC1. The molecule has 3 nitrogen and oxygen atoms in total. The van der Waals surface area contributed by atoms with Gasteiger partial charge in [0.2, 0.25) is 5.95 Å². The number of halogens is 1. The van der Waals surface area contributed by atoms with Gasteiger partial charge in [0, 0.05) is 28.6 Å². The Hall–Kier alpha value is -1.29. The lowest BCUT2D eigenvalue weighted by Crippen LogP contribution is -2.14. The monoisotopic (exact) mass is 333 g/mol. The predicted octanol–water partition coefficient (Wildman–Crippen LogP) is 5.20. The first-order valence-electron chi connectivity index (χ1n) is 7.30. The Morgan fingerprint density at radius 3 is 2.85 bits per heavy atom. The van der Waals surface area contributed by atoms with E-state index in [1.807, 2.05) is 12.3 Å². The van der Waals surface area contributed by atoms with Crippen LogP contribution in [0.2, 0.25) is 0 Å². The van der Waals surface area contributed by atoms with E-state index in [9.17, 15) is 0 Å². The molecular formula is C16H20BrN3. The van der Waals surface area contributed by atoms with Gasteiger partial charge in [0.15, 0.2) is 0 Å². The second-order valence-corrected chi connectivity index (χ2v) is 6.34. The van der Waals surface area contributed by atoms with Crippen LogP contribution in [0.4, 0.5) is 11.6 Å². The van der Waals surface area contributed by atoms with Crippen LogP contribution in [0.1, 0.15) is 43.7 Å². The standard InChI is InChI=1S/C16H20BrN3/c1-12-14(17)8-5-9-15(12)19-16-18-10-11-20(16)13-6-3-2-4-7-13/h5,8-11,13H,2-4,6-7H2,1H3,(H,18,19). The molecule has 3 rings (SSSR count). The lowest BCUT2D eigenvalue weighted by Gasteiger charge is -2.25. The molecule has 0 spiro atoms. The molecule has 1 aromatic heterocycles. The molecule has 1 heterocycles. The summed E-state index contributed by atoms with van der Waals surface area (Å²) in [7, 11) is 0. The lowest BCUT2D eigenvalue weighted by atomic mass is 9.95. The summed E-state index contributed by atoms with van der Waals surface area (Å²) in [4.78, 5) is 4.49. The molecular weight excluding hydrogens is 314 g/mol. The second-order valence-electron chi connectivity index (χ2n) is 5.49. The van der Waals surface area contributed by atoms with Gasteiger partial charge in [-0.1, -0.05) is 41.3 Å². The van der Waals surface area contributed by atoms with Gasteiger partial charge in [0.05, 0.1) is 0 Å². The molecule has 1 fully saturated rings. The highest BCUT2D eigenvalue weighted by Crippen LogP contribution is 2.32. The van der Waals surface area contributed by atoms with E-state index in [2.05, 4.69) is 56.1 Å². The summed E-state index contributed by atoms with van der Waals surface area (Å²) in [5.74, 6) is 0.957. The van der Waals surface area contributed by atoms with Crippen LogP contribution in [-0.2, 0) is 0 Å². The largest absolute Gasteiger partial charge is 0.325 e. The molecule has 1 aromatic carbocycles. The van der Waals surface area contributed by atoms with Crippen molar-refractivity contribution in [3.8, 4) is 0 Å². The fourth-order valence-electron chi connectivity index (χ4n) is 2.93. The molecule has 0 unspecified atom stereocenters. The highest BCUT2D eigenvalue weighted by atomic mass is 79.9. The zero-order chi connectivity index (χ0) is 13.9. The number of nitrogens with zero attached hydrogens (tertiary/aromatic N) is 2. The Kier molecular flexibility index (Phi) is 4.10. The molecule has 0 radical (unpaired) electrons. The van der Waals surface area contributed by atoms with Crippen LogP contribution >= 0.6 is 15.9 Å². The topological polar surface area (TPSA) is 29.9 Å². The van der Waals surface area contributed by atoms with E-state index < -0.39 is 0 Å². The fraction of sp³-hybridized carbons (Fsp3) is 0.438. The lowest BCUT2D eigenvalue weighted by molar-refractivity contribution is 0.356. The minimum Gasteiger partial charge on any atom is -0.325 e. The van der Waals surface area contributed by atoms with Crippen molar-refractivity contribution in [3.63, 3.8) is 0 Å². The van der Waals surface area contributed by atoms with Crippen LogP contribution in [-0.4, -0.2) is 9.55 Å². The van der Waals surface area contributed by atoms with Gasteiger partial charge in [0.25, 0.3) is 0 Å². The number of aromatic nitrogens is 2. The number of hydrogen-bond donors (Lipinski definition) is 1. The first-order chi connectivity index (χ1) is 9.75. The van der Waals surface area contributed by atoms with E-state index in [1.165, 1.54) is 37.7 Å². The van der Waals surface area contributed by atoms with Crippen LogP contribution in [0.15, 0.2) is 35.1 Å². The number of nitrogens with one attached hydrogen (secondary N) is 1. The van der Waals surface area contributed by atoms with E-state index in [4.69, 9.17) is 0 Å². The summed E-state index contributed by atoms with van der Waals surface area (Å²) < 4.78 is 3.43. The molecule has 0 amide bonds. The van der Waals surface area contributed by atoms with Crippen molar-refractivity contribution in [2.45, 2.75) is 45.1 Å². The van der Waals surface area contributed by atoms with E-state index >= 15 is 0 Å². The Bertz CT molecular complexity index is 585. The number of benzene rings is 1. The molecule has 4 heteroatoms. The summed E-state index contributed by atoms with van der Waals surface area (Å²) in [6.07, 6.45) is 10.6. The van der Waals surface area contributed by atoms with Crippen molar-refractivity contribution in [3.05, 3.63) is 40.6 Å². The van der Waals surface area contributed by atoms with Crippen molar-refractivity contribution >= 4 is 27.6 Å². The molecule has 1 N–H and O–H groups in total. The number of rotatable bonds is 3. The van der Waals surface area contributed by atoms with Gasteiger partial charge in [-0.15, -0.1) is 0 Å². The fourth-order valence-corrected chi connectivity index (χ4v) is 3.29. The Morgan fingerprint density at radius 2 is 2.05 bits per heavy atom. The Balaban J connectivity index is 1.84. The molecule has 2 aromatic rings. The predicted molar refractivity (Wildman–Crippen MR) is 86.5 cm³/mol. The van der Waals surface area contributed by atoms with Crippen LogP contribution in [0.25, 0.3) is 0 Å². The van der Waals surface area contributed by atoms with Crippen molar-refractivity contribution in [1.29, 1.82) is 0 Å². The van der Waals surface area contributed by atoms with Crippen LogP contribution in [0.3, 0.4) is 0 Å². The van der Waals surface area contributed by atoms with Crippen LogP contribution < -0.4 is 5.32 Å². The van der Waals surface area contributed by atoms with E-state index in [1.54, 1.807) is 0 Å². The smallest absolute Gasteiger partial charge is 0.207 e. The first-order valence-corrected chi connectivity index (χ1v) is 8.10. The molecule has 0 saturated heterocycles. The summed E-state index contributed by atoms with van der Waals surface area (Å²) in [5, 5.41) is 3.48. The van der Waals surface area contributed by atoms with E-state index in [0.29, 0.717) is 6.04 Å². The molecule has 0 aliphatic heterocycles. The minimum atomic E-state index is 0.598. The van der Waals surface area contributed by atoms with Gasteiger partial charge in [0.1, 0.15) is 0 Å². The van der Waals surface area contributed by atoms with Gasteiger partial charge >= 0.3 is 0 Å². The van der Waals surface area contributed by atoms with Gasteiger partial charge < -0.3 is 9.88 Å². The van der Waals surface area contributed by atoms with Gasteiger partial charge in [-0.2, -0.15) is 0 Å². The number of imidazole rings is 1. The summed E-state index contributed by atoms with van der Waals surface area (Å²) in [6, 6.07) is 6.81. The molecule has 20 heavy (non-hydrogen) atoms. The molecule has 1 saturated carbocycles. The van der Waals surface area contributed by atoms with Crippen molar-refractivity contribution in [2.24, 2.45) is 0 Å². The second kappa shape index (κ2) is 6.00. The zero-order valence-electron chi connectivity index (χ0n) is 11.8. The van der Waals surface area contributed by atoms with E-state index in [-0.39, 0.29) is 0 Å². The van der Waals surface area contributed by atoms with Gasteiger partial charge in [-0.25, -0.2) is 4.98 Å². The maximum atomic E-state index is 4.49. The summed E-state index contributed by atoms with van der Waals surface area (Å²) in [6.45, 7) is 2.11. The highest BCUT2D eigenvalue weighted by Gasteiger charge is 2.18. The van der Waals surface area contributed by atoms with Crippen molar-refractivity contribution in [1.82, 2.24) is 9.55 Å². The summed E-state index contributed by atoms with van der Waals surface area (Å²) >= 11 is 3.58. The average Bonchev–Trinajstić information content (AvgIpc) is 2.93. The number of anilines is 2. The van der Waals surface area contributed by atoms with Crippen molar-refractivity contribution < 1.29 is 0 Å². The third kappa shape index (κ3) is 2.75.